The van der Waals surface area contributed by atoms with Crippen molar-refractivity contribution in [3.8, 4) is 0 Å². The molecule has 3 nitrogen and oxygen atoms in total. The highest BCUT2D eigenvalue weighted by atomic mass is 35.5. The van der Waals surface area contributed by atoms with Gasteiger partial charge in [0.05, 0.1) is 0 Å². The average molecular weight is 329 g/mol. The predicted octanol–water partition coefficient (Wildman–Crippen LogP) is 3.38. The molecule has 0 radical (unpaired) electrons. The van der Waals surface area contributed by atoms with Gasteiger partial charge in [0.2, 0.25) is 5.91 Å². The highest BCUT2D eigenvalue weighted by Crippen LogP contribution is 2.24. The molecule has 0 bridgehead atoms. The molecule has 1 atom stereocenters. The second kappa shape index (κ2) is 7.48. The Labute approximate surface area is 136 Å². The van der Waals surface area contributed by atoms with Crippen LogP contribution in [-0.2, 0) is 11.2 Å². The van der Waals surface area contributed by atoms with E-state index in [4.69, 9.17) is 23.2 Å². The largest absolute Gasteiger partial charge is 0.342 e. The van der Waals surface area contributed by atoms with E-state index in [2.05, 4.69) is 5.32 Å². The van der Waals surface area contributed by atoms with Gasteiger partial charge in [-0.25, -0.2) is 0 Å². The zero-order valence-electron chi connectivity index (χ0n) is 12.5. The predicted molar refractivity (Wildman–Crippen MR) is 88.0 cm³/mol. The van der Waals surface area contributed by atoms with Gasteiger partial charge in [-0.1, -0.05) is 36.2 Å². The molecule has 116 valence electrons. The first-order valence-corrected chi connectivity index (χ1v) is 8.17. The van der Waals surface area contributed by atoms with Crippen LogP contribution in [0, 0.1) is 5.92 Å². The maximum Gasteiger partial charge on any atom is 0.225 e. The molecule has 1 heterocycles. The van der Waals surface area contributed by atoms with E-state index >= 15 is 0 Å². The number of rotatable bonds is 4. The molecule has 0 saturated carbocycles. The molecule has 0 aromatic heterocycles. The number of carbonyl (C=O) groups is 1. The number of amides is 1. The van der Waals surface area contributed by atoms with Gasteiger partial charge in [0.25, 0.3) is 0 Å². The molecule has 0 spiro atoms. The summed E-state index contributed by atoms with van der Waals surface area (Å²) in [7, 11) is 1.98. The van der Waals surface area contributed by atoms with Crippen LogP contribution < -0.4 is 5.32 Å². The van der Waals surface area contributed by atoms with Gasteiger partial charge >= 0.3 is 0 Å². The van der Waals surface area contributed by atoms with Gasteiger partial charge in [0.1, 0.15) is 0 Å². The smallest absolute Gasteiger partial charge is 0.225 e. The summed E-state index contributed by atoms with van der Waals surface area (Å²) >= 11 is 12.1. The van der Waals surface area contributed by atoms with Gasteiger partial charge in [0.15, 0.2) is 0 Å². The minimum Gasteiger partial charge on any atom is -0.342 e. The quantitative estimate of drug-likeness (QED) is 0.918. The van der Waals surface area contributed by atoms with Crippen molar-refractivity contribution < 1.29 is 4.79 Å². The number of hydrogen-bond donors (Lipinski definition) is 1. The Kier molecular flexibility index (Phi) is 5.91. The summed E-state index contributed by atoms with van der Waals surface area (Å²) in [4.78, 5) is 14.5. The average Bonchev–Trinajstić information content (AvgIpc) is 2.49. The van der Waals surface area contributed by atoms with Crippen molar-refractivity contribution in [3.05, 3.63) is 33.8 Å². The van der Waals surface area contributed by atoms with Crippen molar-refractivity contribution in [1.29, 1.82) is 0 Å². The topological polar surface area (TPSA) is 32.3 Å². The Balaban J connectivity index is 1.93. The lowest BCUT2D eigenvalue weighted by Crippen LogP contribution is -2.45. The molecule has 5 heteroatoms. The highest BCUT2D eigenvalue weighted by Gasteiger charge is 2.25. The first-order valence-electron chi connectivity index (χ1n) is 7.41. The normalized spacial score (nSPS) is 17.8. The lowest BCUT2D eigenvalue weighted by Gasteiger charge is -2.33. The molecule has 1 aromatic rings. The molecule has 1 N–H and O–H groups in total. The van der Waals surface area contributed by atoms with Crippen LogP contribution in [-0.4, -0.2) is 37.0 Å². The molecular weight excluding hydrogens is 307 g/mol. The van der Waals surface area contributed by atoms with Gasteiger partial charge in [-0.3, -0.25) is 4.79 Å². The number of nitrogens with zero attached hydrogens (tertiary/aromatic N) is 1. The van der Waals surface area contributed by atoms with E-state index in [1.807, 2.05) is 31.0 Å². The minimum absolute atomic E-state index is 0.0604. The summed E-state index contributed by atoms with van der Waals surface area (Å²) in [5, 5.41) is 4.53. The van der Waals surface area contributed by atoms with Gasteiger partial charge in [-0.05, 0) is 44.0 Å². The lowest BCUT2D eigenvalue weighted by atomic mass is 9.97. The molecule has 1 aliphatic rings. The number of carbonyl (C=O) groups excluding carboxylic acids is 1. The summed E-state index contributed by atoms with van der Waals surface area (Å²) in [5.74, 6) is 0.158. The van der Waals surface area contributed by atoms with Crippen molar-refractivity contribution in [2.45, 2.75) is 32.2 Å². The summed E-state index contributed by atoms with van der Waals surface area (Å²) in [6.07, 6.45) is 2.70. The van der Waals surface area contributed by atoms with Crippen LogP contribution in [0.15, 0.2) is 18.2 Å². The third-order valence-electron chi connectivity index (χ3n) is 4.18. The molecule has 2 rings (SSSR count). The molecule has 1 amide bonds. The minimum atomic E-state index is -0.0604. The van der Waals surface area contributed by atoms with Crippen LogP contribution in [0.4, 0.5) is 0 Å². The van der Waals surface area contributed by atoms with E-state index in [1.54, 1.807) is 6.07 Å². The third kappa shape index (κ3) is 4.35. The second-order valence-electron chi connectivity index (χ2n) is 5.73. The fourth-order valence-corrected chi connectivity index (χ4v) is 3.29. The monoisotopic (exact) mass is 328 g/mol. The van der Waals surface area contributed by atoms with E-state index in [0.29, 0.717) is 22.5 Å². The molecule has 1 aliphatic heterocycles. The van der Waals surface area contributed by atoms with Crippen LogP contribution in [0.5, 0.6) is 0 Å². The van der Waals surface area contributed by atoms with Gasteiger partial charge in [-0.2, -0.15) is 0 Å². The summed E-state index contributed by atoms with van der Waals surface area (Å²) in [6.45, 7) is 3.64. The number of benzene rings is 1. The maximum atomic E-state index is 12.5. The van der Waals surface area contributed by atoms with Crippen molar-refractivity contribution in [2.75, 3.05) is 20.1 Å². The van der Waals surface area contributed by atoms with Crippen molar-refractivity contribution in [2.24, 2.45) is 5.92 Å². The van der Waals surface area contributed by atoms with Gasteiger partial charge in [0, 0.05) is 35.1 Å². The number of hydrogen-bond acceptors (Lipinski definition) is 2. The molecule has 21 heavy (non-hydrogen) atoms. The Morgan fingerprint density at radius 2 is 2.05 bits per heavy atom. The maximum absolute atomic E-state index is 12.5. The Bertz CT molecular complexity index is 499. The fraction of sp³-hybridized carbons (Fsp3) is 0.562. The van der Waals surface area contributed by atoms with Gasteiger partial charge in [-0.15, -0.1) is 0 Å². The van der Waals surface area contributed by atoms with Gasteiger partial charge < -0.3 is 10.2 Å². The van der Waals surface area contributed by atoms with E-state index in [-0.39, 0.29) is 11.8 Å². The Morgan fingerprint density at radius 1 is 1.38 bits per heavy atom. The molecule has 1 fully saturated rings. The number of nitrogens with one attached hydrogen (secondary N) is 1. The number of piperidine rings is 1. The summed E-state index contributed by atoms with van der Waals surface area (Å²) in [5.41, 5.74) is 0.979. The molecule has 0 aliphatic carbocycles. The van der Waals surface area contributed by atoms with Crippen molar-refractivity contribution in [1.82, 2.24) is 10.2 Å². The van der Waals surface area contributed by atoms with E-state index in [1.165, 1.54) is 0 Å². The second-order valence-corrected chi connectivity index (χ2v) is 6.57. The van der Waals surface area contributed by atoms with Crippen LogP contribution in [0.25, 0.3) is 0 Å². The first kappa shape index (κ1) is 16.6. The van der Waals surface area contributed by atoms with Crippen LogP contribution in [0.1, 0.15) is 25.3 Å². The molecular formula is C16H22Cl2N2O. The zero-order valence-corrected chi connectivity index (χ0v) is 14.0. The standard InChI is InChI=1S/C16H22Cl2N2O/c1-11(9-12-3-4-13(17)10-15(12)18)16(21)20-7-5-14(19-2)6-8-20/h3-4,10-11,14,19H,5-9H2,1-2H3. The Hall–Kier alpha value is -0.770. The fourth-order valence-electron chi connectivity index (χ4n) is 2.80. The highest BCUT2D eigenvalue weighted by molar-refractivity contribution is 6.35. The molecule has 1 unspecified atom stereocenters. The SMILES string of the molecule is CNC1CCN(C(=O)C(C)Cc2ccc(Cl)cc2Cl)CC1. The van der Waals surface area contributed by atoms with Crippen LogP contribution >= 0.6 is 23.2 Å². The lowest BCUT2D eigenvalue weighted by molar-refractivity contribution is -0.136. The van der Waals surface area contributed by atoms with E-state index < -0.39 is 0 Å². The van der Waals surface area contributed by atoms with E-state index in [9.17, 15) is 4.79 Å². The summed E-state index contributed by atoms with van der Waals surface area (Å²) in [6, 6.07) is 5.99. The zero-order chi connectivity index (χ0) is 15.4. The first-order chi connectivity index (χ1) is 10.0. The van der Waals surface area contributed by atoms with Crippen molar-refractivity contribution in [3.63, 3.8) is 0 Å². The molecule has 1 saturated heterocycles. The van der Waals surface area contributed by atoms with Crippen LogP contribution in [0.3, 0.4) is 0 Å². The van der Waals surface area contributed by atoms with Crippen LogP contribution in [0.2, 0.25) is 10.0 Å². The summed E-state index contributed by atoms with van der Waals surface area (Å²) < 4.78 is 0. The van der Waals surface area contributed by atoms with Crippen molar-refractivity contribution >= 4 is 29.1 Å². The molecule has 1 aromatic carbocycles. The van der Waals surface area contributed by atoms with E-state index in [0.717, 1.165) is 31.5 Å². The Morgan fingerprint density at radius 3 is 2.62 bits per heavy atom. The number of likely N-dealkylation sites (tertiary alicyclic amines) is 1. The number of halogens is 2. The third-order valence-corrected chi connectivity index (χ3v) is 4.76.